The fourth-order valence-corrected chi connectivity index (χ4v) is 4.08. The highest BCUT2D eigenvalue weighted by atomic mass is 32.1. The summed E-state index contributed by atoms with van der Waals surface area (Å²) in [4.78, 5) is 16.6. The summed E-state index contributed by atoms with van der Waals surface area (Å²) in [6, 6.07) is 6.21. The van der Waals surface area contributed by atoms with Crippen LogP contribution in [0.5, 0.6) is 0 Å². The number of nitrogens with zero attached hydrogens (tertiary/aromatic N) is 1. The number of amides is 1. The molecule has 1 heterocycles. The number of carbonyl (C=O) groups is 1. The second kappa shape index (κ2) is 12.1. The van der Waals surface area contributed by atoms with Crippen molar-refractivity contribution in [1.29, 1.82) is 0 Å². The van der Waals surface area contributed by atoms with E-state index in [9.17, 15) is 4.79 Å². The minimum absolute atomic E-state index is 0.0942. The number of anilines is 1. The summed E-state index contributed by atoms with van der Waals surface area (Å²) in [5.74, 6) is 0.0942. The van der Waals surface area contributed by atoms with E-state index < -0.39 is 0 Å². The van der Waals surface area contributed by atoms with Gasteiger partial charge in [0, 0.05) is 6.42 Å². The fourth-order valence-electron chi connectivity index (χ4n) is 3.22. The standard InChI is InChI=1S/C22H34N2OS/c1-3-4-5-6-7-8-9-10-11-12-13-14-21(25)24-22-23-19-17-18(2)15-16-20(19)26-22/h15-17H,3-14H2,1-2H3,(H,23,24,25). The lowest BCUT2D eigenvalue weighted by Gasteiger charge is -2.03. The number of hydrogen-bond acceptors (Lipinski definition) is 3. The number of benzene rings is 1. The molecule has 3 nitrogen and oxygen atoms in total. The summed E-state index contributed by atoms with van der Waals surface area (Å²) in [6.45, 7) is 4.32. The fraction of sp³-hybridized carbons (Fsp3) is 0.636. The van der Waals surface area contributed by atoms with Crippen molar-refractivity contribution < 1.29 is 4.79 Å². The predicted molar refractivity (Wildman–Crippen MR) is 114 cm³/mol. The van der Waals surface area contributed by atoms with Gasteiger partial charge in [0.2, 0.25) is 5.91 Å². The molecular weight excluding hydrogens is 340 g/mol. The number of aromatic nitrogens is 1. The van der Waals surface area contributed by atoms with Gasteiger partial charge in [-0.3, -0.25) is 4.79 Å². The Kier molecular flexibility index (Phi) is 9.68. The third-order valence-electron chi connectivity index (χ3n) is 4.80. The number of unbranched alkanes of at least 4 members (excludes halogenated alkanes) is 10. The molecule has 0 saturated heterocycles. The van der Waals surface area contributed by atoms with Crippen LogP contribution < -0.4 is 5.32 Å². The molecule has 0 radical (unpaired) electrons. The molecule has 2 rings (SSSR count). The van der Waals surface area contributed by atoms with Gasteiger partial charge >= 0.3 is 0 Å². The molecule has 0 aliphatic carbocycles. The van der Waals surface area contributed by atoms with Crippen LogP contribution in [0.4, 0.5) is 5.13 Å². The maximum atomic E-state index is 12.1. The van der Waals surface area contributed by atoms with Gasteiger partial charge in [0.15, 0.2) is 5.13 Å². The Labute approximate surface area is 162 Å². The van der Waals surface area contributed by atoms with Gasteiger partial charge in [-0.15, -0.1) is 0 Å². The Hall–Kier alpha value is -1.42. The van der Waals surface area contributed by atoms with E-state index in [2.05, 4.69) is 42.3 Å². The molecule has 2 aromatic rings. The number of nitrogens with one attached hydrogen (secondary N) is 1. The van der Waals surface area contributed by atoms with Crippen molar-refractivity contribution in [2.24, 2.45) is 0 Å². The zero-order chi connectivity index (χ0) is 18.6. The molecular formula is C22H34N2OS. The number of carbonyl (C=O) groups excluding carboxylic acids is 1. The van der Waals surface area contributed by atoms with E-state index in [4.69, 9.17) is 0 Å². The lowest BCUT2D eigenvalue weighted by molar-refractivity contribution is -0.116. The van der Waals surface area contributed by atoms with Crippen molar-refractivity contribution in [3.8, 4) is 0 Å². The van der Waals surface area contributed by atoms with Crippen LogP contribution in [0.1, 0.15) is 89.5 Å². The van der Waals surface area contributed by atoms with Crippen LogP contribution >= 0.6 is 11.3 Å². The van der Waals surface area contributed by atoms with Crippen molar-refractivity contribution in [2.45, 2.75) is 90.9 Å². The molecule has 0 aliphatic heterocycles. The maximum Gasteiger partial charge on any atom is 0.226 e. The van der Waals surface area contributed by atoms with Gasteiger partial charge in [-0.1, -0.05) is 88.5 Å². The molecule has 1 N–H and O–H groups in total. The van der Waals surface area contributed by atoms with Crippen LogP contribution in [0, 0.1) is 6.92 Å². The first-order chi connectivity index (χ1) is 12.7. The Balaban J connectivity index is 1.51. The third-order valence-corrected chi connectivity index (χ3v) is 5.75. The molecule has 0 saturated carbocycles. The lowest BCUT2D eigenvalue weighted by atomic mass is 10.1. The van der Waals surface area contributed by atoms with Crippen molar-refractivity contribution >= 4 is 32.6 Å². The Morgan fingerprint density at radius 3 is 2.23 bits per heavy atom. The molecule has 0 atom stereocenters. The van der Waals surface area contributed by atoms with Gasteiger partial charge in [-0.25, -0.2) is 4.98 Å². The van der Waals surface area contributed by atoms with Crippen LogP contribution in [0.15, 0.2) is 18.2 Å². The zero-order valence-corrected chi connectivity index (χ0v) is 17.3. The highest BCUT2D eigenvalue weighted by molar-refractivity contribution is 7.22. The Bertz CT molecular complexity index is 665. The second-order valence-electron chi connectivity index (χ2n) is 7.32. The molecule has 1 amide bonds. The van der Waals surface area contributed by atoms with E-state index in [0.717, 1.165) is 28.2 Å². The molecule has 0 aliphatic rings. The number of thiazole rings is 1. The van der Waals surface area contributed by atoms with Gasteiger partial charge in [-0.05, 0) is 31.0 Å². The molecule has 26 heavy (non-hydrogen) atoms. The molecule has 0 fully saturated rings. The van der Waals surface area contributed by atoms with E-state index in [0.29, 0.717) is 6.42 Å². The minimum atomic E-state index is 0.0942. The van der Waals surface area contributed by atoms with Gasteiger partial charge < -0.3 is 5.32 Å². The molecule has 4 heteroatoms. The average molecular weight is 375 g/mol. The summed E-state index contributed by atoms with van der Waals surface area (Å²) in [5, 5.41) is 3.68. The van der Waals surface area contributed by atoms with Crippen LogP contribution in [0.25, 0.3) is 10.2 Å². The quantitative estimate of drug-likeness (QED) is 0.375. The van der Waals surface area contributed by atoms with Crippen LogP contribution in [0.3, 0.4) is 0 Å². The monoisotopic (exact) mass is 374 g/mol. The molecule has 0 spiro atoms. The van der Waals surface area contributed by atoms with Gasteiger partial charge in [0.25, 0.3) is 0 Å². The molecule has 1 aromatic carbocycles. The molecule has 0 bridgehead atoms. The first-order valence-electron chi connectivity index (χ1n) is 10.4. The van der Waals surface area contributed by atoms with Gasteiger partial charge in [-0.2, -0.15) is 0 Å². The highest BCUT2D eigenvalue weighted by Gasteiger charge is 2.07. The van der Waals surface area contributed by atoms with E-state index in [1.54, 1.807) is 11.3 Å². The summed E-state index contributed by atoms with van der Waals surface area (Å²) in [7, 11) is 0. The summed E-state index contributed by atoms with van der Waals surface area (Å²) >= 11 is 1.55. The first kappa shape index (κ1) is 20.9. The minimum Gasteiger partial charge on any atom is -0.302 e. The van der Waals surface area contributed by atoms with Crippen LogP contribution in [-0.4, -0.2) is 10.9 Å². The van der Waals surface area contributed by atoms with Crippen LogP contribution in [0.2, 0.25) is 0 Å². The second-order valence-corrected chi connectivity index (χ2v) is 8.35. The Morgan fingerprint density at radius 2 is 1.58 bits per heavy atom. The van der Waals surface area contributed by atoms with Crippen molar-refractivity contribution in [3.05, 3.63) is 23.8 Å². The predicted octanol–water partition coefficient (Wildman–Crippen LogP) is 7.24. The first-order valence-corrected chi connectivity index (χ1v) is 11.2. The number of hydrogen-bond donors (Lipinski definition) is 1. The topological polar surface area (TPSA) is 42.0 Å². The van der Waals surface area contributed by atoms with Gasteiger partial charge in [0.05, 0.1) is 10.2 Å². The van der Waals surface area contributed by atoms with E-state index in [-0.39, 0.29) is 5.91 Å². The molecule has 1 aromatic heterocycles. The number of aryl methyl sites for hydroxylation is 1. The summed E-state index contributed by atoms with van der Waals surface area (Å²) < 4.78 is 1.13. The average Bonchev–Trinajstić information content (AvgIpc) is 3.00. The summed E-state index contributed by atoms with van der Waals surface area (Å²) in [5.41, 5.74) is 2.17. The number of fused-ring (bicyclic) bond motifs is 1. The third kappa shape index (κ3) is 7.86. The molecule has 0 unspecified atom stereocenters. The normalized spacial score (nSPS) is 11.2. The smallest absolute Gasteiger partial charge is 0.226 e. The van der Waals surface area contributed by atoms with Crippen molar-refractivity contribution in [3.63, 3.8) is 0 Å². The maximum absolute atomic E-state index is 12.1. The van der Waals surface area contributed by atoms with E-state index in [1.807, 2.05) is 0 Å². The molecule has 144 valence electrons. The largest absolute Gasteiger partial charge is 0.302 e. The number of rotatable bonds is 13. The van der Waals surface area contributed by atoms with Gasteiger partial charge in [0.1, 0.15) is 0 Å². The van der Waals surface area contributed by atoms with Crippen molar-refractivity contribution in [1.82, 2.24) is 4.98 Å². The van der Waals surface area contributed by atoms with E-state index in [1.165, 1.54) is 63.4 Å². The summed E-state index contributed by atoms with van der Waals surface area (Å²) in [6.07, 6.45) is 14.9. The van der Waals surface area contributed by atoms with E-state index >= 15 is 0 Å². The Morgan fingerprint density at radius 1 is 0.962 bits per heavy atom. The highest BCUT2D eigenvalue weighted by Crippen LogP contribution is 2.26. The van der Waals surface area contributed by atoms with Crippen molar-refractivity contribution in [2.75, 3.05) is 5.32 Å². The lowest BCUT2D eigenvalue weighted by Crippen LogP contribution is -2.10. The zero-order valence-electron chi connectivity index (χ0n) is 16.5. The van der Waals surface area contributed by atoms with Crippen LogP contribution in [-0.2, 0) is 4.79 Å². The SMILES string of the molecule is CCCCCCCCCCCCCC(=O)Nc1nc2cc(C)ccc2s1.